The van der Waals surface area contributed by atoms with Crippen molar-refractivity contribution in [3.63, 3.8) is 0 Å². The fourth-order valence-corrected chi connectivity index (χ4v) is 3.86. The number of aromatic nitrogens is 2. The zero-order chi connectivity index (χ0) is 21.4. The average molecular weight is 420 g/mol. The van der Waals surface area contributed by atoms with Crippen LogP contribution in [0.3, 0.4) is 0 Å². The third-order valence-electron chi connectivity index (χ3n) is 5.62. The van der Waals surface area contributed by atoms with Crippen molar-refractivity contribution >= 4 is 28.9 Å². The summed E-state index contributed by atoms with van der Waals surface area (Å²) in [7, 11) is 1.92. The van der Waals surface area contributed by atoms with E-state index in [1.807, 2.05) is 61.5 Å². The van der Waals surface area contributed by atoms with Crippen LogP contribution in [0.1, 0.15) is 28.9 Å². The first-order valence-electron chi connectivity index (χ1n) is 10.3. The fourth-order valence-electron chi connectivity index (χ4n) is 3.86. The number of nitrogens with zero attached hydrogens (tertiary/aromatic N) is 4. The number of likely N-dealkylation sites (N-methyl/N-ethyl adjacent to an activating group) is 1. The Bertz CT molecular complexity index is 1150. The molecule has 0 saturated carbocycles. The maximum Gasteiger partial charge on any atom is 0.274 e. The number of imidazole rings is 1. The van der Waals surface area contributed by atoms with Gasteiger partial charge in [0, 0.05) is 25.5 Å². The van der Waals surface area contributed by atoms with Gasteiger partial charge in [0.15, 0.2) is 6.23 Å². The van der Waals surface area contributed by atoms with Crippen molar-refractivity contribution < 1.29 is 14.4 Å². The lowest BCUT2D eigenvalue weighted by Gasteiger charge is -2.22. The summed E-state index contributed by atoms with van der Waals surface area (Å²) in [5.74, 6) is 0.368. The van der Waals surface area contributed by atoms with Crippen LogP contribution in [0.5, 0.6) is 0 Å². The maximum atomic E-state index is 12.9. The molecule has 2 N–H and O–H groups in total. The van der Waals surface area contributed by atoms with Crippen molar-refractivity contribution in [3.8, 4) is 0 Å². The molecule has 2 atom stereocenters. The molecule has 9 heteroatoms. The number of aliphatic imine (C=N–C) groups is 1. The van der Waals surface area contributed by atoms with E-state index in [1.54, 1.807) is 10.6 Å². The van der Waals surface area contributed by atoms with Crippen molar-refractivity contribution in [2.75, 3.05) is 19.0 Å². The molecular weight excluding hydrogens is 396 g/mol. The highest BCUT2D eigenvalue weighted by molar-refractivity contribution is 6.04. The van der Waals surface area contributed by atoms with Gasteiger partial charge in [-0.2, -0.15) is 0 Å². The average Bonchev–Trinajstić information content (AvgIpc) is 3.51. The van der Waals surface area contributed by atoms with Gasteiger partial charge in [-0.3, -0.25) is 9.20 Å². The molecule has 2 fully saturated rings. The first-order chi connectivity index (χ1) is 15.1. The maximum absolute atomic E-state index is 12.9. The number of ether oxygens (including phenoxy) is 1. The molecule has 0 radical (unpaired) electrons. The number of nitrogens with one attached hydrogen (secondary N) is 2. The second kappa shape index (κ2) is 8.01. The molecule has 160 valence electrons. The van der Waals surface area contributed by atoms with Crippen LogP contribution in [0, 0.1) is 6.92 Å². The number of benzene rings is 1. The summed E-state index contributed by atoms with van der Waals surface area (Å²) in [6.45, 7) is 2.70. The molecule has 31 heavy (non-hydrogen) atoms. The van der Waals surface area contributed by atoms with Gasteiger partial charge in [-0.1, -0.05) is 12.1 Å². The third kappa shape index (κ3) is 3.73. The van der Waals surface area contributed by atoms with Crippen LogP contribution in [0.15, 0.2) is 53.8 Å². The van der Waals surface area contributed by atoms with E-state index in [2.05, 4.69) is 20.8 Å². The Kier molecular flexibility index (Phi) is 5.05. The molecule has 1 amide bonds. The minimum absolute atomic E-state index is 0.0311. The van der Waals surface area contributed by atoms with Gasteiger partial charge in [-0.25, -0.2) is 20.3 Å². The van der Waals surface area contributed by atoms with Crippen LogP contribution in [0.2, 0.25) is 0 Å². The van der Waals surface area contributed by atoms with Crippen LogP contribution >= 0.6 is 0 Å². The van der Waals surface area contributed by atoms with Crippen LogP contribution in [0.25, 0.3) is 5.65 Å². The second-order valence-corrected chi connectivity index (χ2v) is 7.73. The largest absolute Gasteiger partial charge is 0.373 e. The smallest absolute Gasteiger partial charge is 0.274 e. The molecule has 0 spiro atoms. The summed E-state index contributed by atoms with van der Waals surface area (Å²) in [4.78, 5) is 29.4. The zero-order valence-electron chi connectivity index (χ0n) is 17.4. The van der Waals surface area contributed by atoms with E-state index in [0.29, 0.717) is 23.0 Å². The molecule has 1 aromatic carbocycles. The predicted octanol–water partition coefficient (Wildman–Crippen LogP) is 2.85. The molecule has 3 aromatic rings. The van der Waals surface area contributed by atoms with Crippen molar-refractivity contribution in [1.82, 2.24) is 19.8 Å². The fraction of sp³-hybridized carbons (Fsp3) is 0.318. The van der Waals surface area contributed by atoms with Gasteiger partial charge >= 0.3 is 0 Å². The molecule has 0 aliphatic carbocycles. The van der Waals surface area contributed by atoms with E-state index in [-0.39, 0.29) is 18.2 Å². The number of aryl methyl sites for hydroxylation is 1. The Hall–Kier alpha value is -3.43. The van der Waals surface area contributed by atoms with Crippen LogP contribution in [-0.2, 0) is 9.57 Å². The van der Waals surface area contributed by atoms with E-state index in [4.69, 9.17) is 9.57 Å². The molecule has 0 unspecified atom stereocenters. The van der Waals surface area contributed by atoms with Crippen molar-refractivity contribution in [1.29, 1.82) is 0 Å². The van der Waals surface area contributed by atoms with Gasteiger partial charge in [0.2, 0.25) is 5.96 Å². The quantitative estimate of drug-likeness (QED) is 0.674. The summed E-state index contributed by atoms with van der Waals surface area (Å²) in [5.41, 5.74) is 6.41. The Labute approximate surface area is 179 Å². The van der Waals surface area contributed by atoms with E-state index < -0.39 is 0 Å². The van der Waals surface area contributed by atoms with Gasteiger partial charge in [0.05, 0.1) is 11.9 Å². The van der Waals surface area contributed by atoms with Crippen molar-refractivity contribution in [3.05, 3.63) is 60.0 Å². The number of anilines is 1. The Morgan fingerprint density at radius 1 is 1.32 bits per heavy atom. The van der Waals surface area contributed by atoms with E-state index in [1.165, 1.54) is 0 Å². The zero-order valence-corrected chi connectivity index (χ0v) is 17.4. The molecule has 5 rings (SSSR count). The highest BCUT2D eigenvalue weighted by Crippen LogP contribution is 2.26. The van der Waals surface area contributed by atoms with Crippen LogP contribution in [-0.4, -0.2) is 52.1 Å². The number of fused-ring (bicyclic) bond motifs is 1. The van der Waals surface area contributed by atoms with Crippen molar-refractivity contribution in [2.45, 2.75) is 32.1 Å². The molecular formula is C22H24N6O3. The molecule has 2 saturated heterocycles. The monoisotopic (exact) mass is 420 g/mol. The lowest BCUT2D eigenvalue weighted by atomic mass is 10.1. The number of hydrogen-bond donors (Lipinski definition) is 2. The topological polar surface area (TPSA) is 92.5 Å². The van der Waals surface area contributed by atoms with Crippen LogP contribution in [0.4, 0.5) is 11.4 Å². The Balaban J connectivity index is 1.36. The lowest BCUT2D eigenvalue weighted by Crippen LogP contribution is -2.39. The molecule has 2 aliphatic rings. The second-order valence-electron chi connectivity index (χ2n) is 7.73. The highest BCUT2D eigenvalue weighted by atomic mass is 16.7. The van der Waals surface area contributed by atoms with E-state index in [9.17, 15) is 4.79 Å². The summed E-state index contributed by atoms with van der Waals surface area (Å²) >= 11 is 0. The number of rotatable bonds is 4. The molecule has 2 aliphatic heterocycles. The highest BCUT2D eigenvalue weighted by Gasteiger charge is 2.37. The number of hydrogen-bond acceptors (Lipinski definition) is 5. The summed E-state index contributed by atoms with van der Waals surface area (Å²) in [6, 6.07) is 11.3. The Morgan fingerprint density at radius 3 is 3.06 bits per heavy atom. The summed E-state index contributed by atoms with van der Waals surface area (Å²) in [5, 5.41) is 2.98. The van der Waals surface area contributed by atoms with E-state index >= 15 is 0 Å². The van der Waals surface area contributed by atoms with Gasteiger partial charge in [0.1, 0.15) is 17.4 Å². The predicted molar refractivity (Wildman–Crippen MR) is 116 cm³/mol. The third-order valence-corrected chi connectivity index (χ3v) is 5.62. The Morgan fingerprint density at radius 2 is 2.23 bits per heavy atom. The molecule has 4 heterocycles. The summed E-state index contributed by atoms with van der Waals surface area (Å²) < 4.78 is 7.49. The van der Waals surface area contributed by atoms with Crippen LogP contribution < -0.4 is 10.8 Å². The first-order valence-corrected chi connectivity index (χ1v) is 10.3. The number of pyridine rings is 1. The van der Waals surface area contributed by atoms with Gasteiger partial charge in [0.25, 0.3) is 5.91 Å². The van der Waals surface area contributed by atoms with Gasteiger partial charge < -0.3 is 15.0 Å². The number of hydroxylamine groups is 1. The van der Waals surface area contributed by atoms with Gasteiger partial charge in [-0.05, 0) is 49.6 Å². The number of amides is 1. The SMILES string of the molecule is Cc1ccc(N=C2NO[C@H]([C@@H]3CCCO3)N2C)cc1NC(=O)c1cnc2ccccn12. The lowest BCUT2D eigenvalue weighted by molar-refractivity contribution is -0.0886. The number of guanidine groups is 1. The molecule has 9 nitrogen and oxygen atoms in total. The van der Waals surface area contributed by atoms with Crippen molar-refractivity contribution in [2.24, 2.45) is 4.99 Å². The minimum atomic E-state index is -0.232. The minimum Gasteiger partial charge on any atom is -0.373 e. The number of carbonyl (C=O) groups is 1. The molecule has 2 aromatic heterocycles. The normalized spacial score (nSPS) is 22.3. The van der Waals surface area contributed by atoms with E-state index in [0.717, 1.165) is 30.7 Å². The first kappa shape index (κ1) is 19.5. The standard InChI is InChI=1S/C22H24N6O3/c1-14-8-9-15(24-22-26-31-21(27(22)2)18-6-5-11-30-18)12-16(14)25-20(29)17-13-23-19-7-3-4-10-28(17)19/h3-4,7-10,12-13,18,21H,5-6,11H2,1-2H3,(H,24,26)(H,25,29)/t18-,21+/m0/s1. The number of carbonyl (C=O) groups excluding carboxylic acids is 1. The summed E-state index contributed by atoms with van der Waals surface area (Å²) in [6.07, 6.45) is 5.22. The molecule has 0 bridgehead atoms. The van der Waals surface area contributed by atoms with Gasteiger partial charge in [-0.15, -0.1) is 0 Å².